The van der Waals surface area contributed by atoms with Crippen molar-refractivity contribution in [3.63, 3.8) is 0 Å². The highest BCUT2D eigenvalue weighted by molar-refractivity contribution is 6.46. The van der Waals surface area contributed by atoms with Crippen LogP contribution in [0.15, 0.2) is 71.8 Å². The molecule has 1 heterocycles. The van der Waals surface area contributed by atoms with E-state index in [4.69, 9.17) is 4.74 Å². The van der Waals surface area contributed by atoms with Gasteiger partial charge >= 0.3 is 0 Å². The van der Waals surface area contributed by atoms with Crippen molar-refractivity contribution in [3.8, 4) is 5.75 Å². The molecule has 1 aliphatic heterocycles. The smallest absolute Gasteiger partial charge is 0.248 e. The van der Waals surface area contributed by atoms with Gasteiger partial charge in [-0.05, 0) is 51.7 Å². The molecule has 144 valence electrons. The number of hydrogen-bond acceptors (Lipinski definition) is 3. The van der Waals surface area contributed by atoms with Gasteiger partial charge in [-0.1, -0.05) is 65.8 Å². The first kappa shape index (κ1) is 19.8. The van der Waals surface area contributed by atoms with Crippen LogP contribution in [0.4, 0.5) is 0 Å². The van der Waals surface area contributed by atoms with E-state index in [1.807, 2.05) is 42.5 Å². The summed E-state index contributed by atoms with van der Waals surface area (Å²) in [4.78, 5) is 25.5. The summed E-state index contributed by atoms with van der Waals surface area (Å²) in [6.07, 6.45) is 6.10. The van der Waals surface area contributed by atoms with Gasteiger partial charge in [0.05, 0.1) is 5.56 Å². The Bertz CT molecular complexity index is 932. The van der Waals surface area contributed by atoms with E-state index in [1.165, 1.54) is 11.1 Å². The van der Waals surface area contributed by atoms with E-state index in [9.17, 15) is 9.59 Å². The van der Waals surface area contributed by atoms with Gasteiger partial charge in [-0.25, -0.2) is 0 Å². The summed E-state index contributed by atoms with van der Waals surface area (Å²) in [5.41, 5.74) is 4.54. The van der Waals surface area contributed by atoms with Gasteiger partial charge in [0.1, 0.15) is 5.75 Å². The molecule has 1 unspecified atom stereocenters. The zero-order chi connectivity index (χ0) is 20.1. The molecule has 3 nitrogen and oxygen atoms in total. The Morgan fingerprint density at radius 3 is 2.43 bits per heavy atom. The molecule has 0 aliphatic carbocycles. The molecule has 2 aromatic carbocycles. The number of Topliss-reactive ketones (excluding diaryl/α,β-unsaturated/α-hetero) is 2. The Morgan fingerprint density at radius 1 is 0.964 bits per heavy atom. The fourth-order valence-corrected chi connectivity index (χ4v) is 3.35. The van der Waals surface area contributed by atoms with Crippen LogP contribution in [0.3, 0.4) is 0 Å². The van der Waals surface area contributed by atoms with E-state index in [2.05, 4.69) is 32.9 Å². The third kappa shape index (κ3) is 4.48. The van der Waals surface area contributed by atoms with Crippen molar-refractivity contribution < 1.29 is 14.3 Å². The Labute approximate surface area is 166 Å². The van der Waals surface area contributed by atoms with Gasteiger partial charge in [0, 0.05) is 5.56 Å². The zero-order valence-electron chi connectivity index (χ0n) is 16.7. The van der Waals surface area contributed by atoms with Gasteiger partial charge in [-0.15, -0.1) is 0 Å². The van der Waals surface area contributed by atoms with Crippen molar-refractivity contribution in [2.75, 3.05) is 0 Å². The number of hydrogen-bond donors (Lipinski definition) is 0. The van der Waals surface area contributed by atoms with Gasteiger partial charge in [0.2, 0.25) is 11.6 Å². The first-order valence-electron chi connectivity index (χ1n) is 9.68. The van der Waals surface area contributed by atoms with E-state index >= 15 is 0 Å². The lowest BCUT2D eigenvalue weighted by Crippen LogP contribution is -2.32. The molecule has 0 fully saturated rings. The highest BCUT2D eigenvalue weighted by Crippen LogP contribution is 2.35. The molecule has 0 amide bonds. The molecular formula is C25H26O3. The average molecular weight is 374 g/mol. The predicted octanol–water partition coefficient (Wildman–Crippen LogP) is 5.81. The number of ether oxygens (including phenoxy) is 1. The molecule has 0 spiro atoms. The van der Waals surface area contributed by atoms with Crippen LogP contribution in [-0.2, 0) is 11.2 Å². The second kappa shape index (κ2) is 8.83. The van der Waals surface area contributed by atoms with Crippen LogP contribution >= 0.6 is 0 Å². The van der Waals surface area contributed by atoms with Crippen molar-refractivity contribution in [2.45, 2.75) is 46.1 Å². The molecule has 0 saturated heterocycles. The van der Waals surface area contributed by atoms with Gasteiger partial charge in [0.25, 0.3) is 0 Å². The number of fused-ring (bicyclic) bond motifs is 1. The average Bonchev–Trinajstić information content (AvgIpc) is 2.69. The molecule has 0 aromatic heterocycles. The highest BCUT2D eigenvalue weighted by atomic mass is 16.5. The Morgan fingerprint density at radius 2 is 1.71 bits per heavy atom. The van der Waals surface area contributed by atoms with Crippen molar-refractivity contribution in [2.24, 2.45) is 0 Å². The minimum absolute atomic E-state index is 0.410. The van der Waals surface area contributed by atoms with E-state index < -0.39 is 17.7 Å². The van der Waals surface area contributed by atoms with Crippen LogP contribution in [0.5, 0.6) is 5.75 Å². The number of carbonyl (C=O) groups is 2. The fraction of sp³-hybridized carbons (Fsp3) is 0.280. The molecule has 3 heteroatoms. The lowest BCUT2D eigenvalue weighted by atomic mass is 9.90. The van der Waals surface area contributed by atoms with Gasteiger partial charge in [-0.3, -0.25) is 9.59 Å². The van der Waals surface area contributed by atoms with Crippen molar-refractivity contribution in [3.05, 3.63) is 88.5 Å². The normalized spacial score (nSPS) is 16.4. The van der Waals surface area contributed by atoms with Crippen LogP contribution < -0.4 is 4.74 Å². The number of allylic oxidation sites excluding steroid dienone is 4. The molecule has 0 radical (unpaired) electrons. The minimum Gasteiger partial charge on any atom is -0.477 e. The van der Waals surface area contributed by atoms with Crippen molar-refractivity contribution in [1.82, 2.24) is 0 Å². The summed E-state index contributed by atoms with van der Waals surface area (Å²) >= 11 is 0. The third-order valence-corrected chi connectivity index (χ3v) is 4.91. The van der Waals surface area contributed by atoms with Gasteiger partial charge in [0.15, 0.2) is 6.10 Å². The quantitative estimate of drug-likeness (QED) is 0.473. The molecule has 0 bridgehead atoms. The Kier molecular flexibility index (Phi) is 6.25. The van der Waals surface area contributed by atoms with Crippen LogP contribution in [0.25, 0.3) is 0 Å². The SMILES string of the molecule is CC(C)=CCC/C(C)=C/Cc1cccc2c1C(=O)C(=O)C(c1ccccc1)O2. The second-order valence-corrected chi connectivity index (χ2v) is 7.47. The van der Waals surface area contributed by atoms with Crippen molar-refractivity contribution in [1.29, 1.82) is 0 Å². The Balaban J connectivity index is 1.82. The highest BCUT2D eigenvalue weighted by Gasteiger charge is 2.37. The van der Waals surface area contributed by atoms with E-state index in [0.29, 0.717) is 23.3 Å². The number of carbonyl (C=O) groups excluding carboxylic acids is 2. The lowest BCUT2D eigenvalue weighted by molar-refractivity contribution is -0.122. The molecule has 2 aromatic rings. The van der Waals surface area contributed by atoms with Crippen LogP contribution in [0.2, 0.25) is 0 Å². The van der Waals surface area contributed by atoms with E-state index in [0.717, 1.165) is 18.4 Å². The summed E-state index contributed by atoms with van der Waals surface area (Å²) in [5.74, 6) is -0.469. The van der Waals surface area contributed by atoms with Gasteiger partial charge in [-0.2, -0.15) is 0 Å². The monoisotopic (exact) mass is 374 g/mol. The number of benzene rings is 2. The zero-order valence-corrected chi connectivity index (χ0v) is 16.7. The first-order chi connectivity index (χ1) is 13.5. The maximum atomic E-state index is 12.9. The predicted molar refractivity (Wildman–Crippen MR) is 112 cm³/mol. The molecule has 1 aliphatic rings. The van der Waals surface area contributed by atoms with Crippen molar-refractivity contribution >= 4 is 11.6 Å². The largest absolute Gasteiger partial charge is 0.477 e. The van der Waals surface area contributed by atoms with E-state index in [1.54, 1.807) is 6.07 Å². The minimum atomic E-state index is -0.863. The number of rotatable bonds is 6. The van der Waals surface area contributed by atoms with Gasteiger partial charge < -0.3 is 4.74 Å². The Hall–Kier alpha value is -2.94. The summed E-state index contributed by atoms with van der Waals surface area (Å²) in [5, 5.41) is 0. The second-order valence-electron chi connectivity index (χ2n) is 7.47. The molecule has 28 heavy (non-hydrogen) atoms. The lowest BCUT2D eigenvalue weighted by Gasteiger charge is -2.25. The maximum Gasteiger partial charge on any atom is 0.248 e. The molecule has 0 saturated carbocycles. The fourth-order valence-electron chi connectivity index (χ4n) is 3.35. The number of ketones is 2. The molecule has 0 N–H and O–H groups in total. The molecule has 3 rings (SSSR count). The summed E-state index contributed by atoms with van der Waals surface area (Å²) < 4.78 is 5.94. The summed E-state index contributed by atoms with van der Waals surface area (Å²) in [6.45, 7) is 6.30. The first-order valence-corrected chi connectivity index (χ1v) is 9.68. The molecule has 1 atom stereocenters. The summed E-state index contributed by atoms with van der Waals surface area (Å²) in [6, 6.07) is 14.7. The van der Waals surface area contributed by atoms with Crippen LogP contribution in [-0.4, -0.2) is 11.6 Å². The topological polar surface area (TPSA) is 43.4 Å². The van der Waals surface area contributed by atoms with Crippen LogP contribution in [0, 0.1) is 0 Å². The third-order valence-electron chi connectivity index (χ3n) is 4.91. The van der Waals surface area contributed by atoms with E-state index in [-0.39, 0.29) is 0 Å². The molecular weight excluding hydrogens is 348 g/mol. The summed E-state index contributed by atoms with van der Waals surface area (Å²) in [7, 11) is 0. The standard InChI is InChI=1S/C25H26O3/c1-17(2)9-7-10-18(3)15-16-19-13-8-14-21-22(19)23(26)24(27)25(28-21)20-11-5-4-6-12-20/h4-6,8-9,11-15,25H,7,10,16H2,1-3H3/b18-15+. The maximum absolute atomic E-state index is 12.9. The van der Waals surface area contributed by atoms with Crippen LogP contribution in [0.1, 0.15) is 61.2 Å².